The van der Waals surface area contributed by atoms with E-state index in [4.69, 9.17) is 11.5 Å². The van der Waals surface area contributed by atoms with Crippen LogP contribution in [0.3, 0.4) is 0 Å². The zero-order valence-electron chi connectivity index (χ0n) is 18.4. The smallest absolute Gasteiger partial charge is 0.326 e. The van der Waals surface area contributed by atoms with Gasteiger partial charge in [-0.25, -0.2) is 9.78 Å². The number of amides is 4. The van der Waals surface area contributed by atoms with Crippen molar-refractivity contribution in [3.8, 4) is 0 Å². The lowest BCUT2D eigenvalue weighted by molar-refractivity contribution is -0.142. The first-order chi connectivity index (χ1) is 15.5. The second-order valence-electron chi connectivity index (χ2n) is 7.76. The Morgan fingerprint density at radius 2 is 1.64 bits per heavy atom. The van der Waals surface area contributed by atoms with Crippen LogP contribution in [0.1, 0.15) is 32.4 Å². The molecule has 0 radical (unpaired) electrons. The number of carbonyl (C=O) groups is 5. The second kappa shape index (κ2) is 13.4. The van der Waals surface area contributed by atoms with Crippen molar-refractivity contribution in [1.29, 1.82) is 0 Å². The third-order valence-corrected chi connectivity index (χ3v) is 5.11. The summed E-state index contributed by atoms with van der Waals surface area (Å²) in [6.07, 6.45) is 2.30. The molecule has 1 aromatic rings. The maximum absolute atomic E-state index is 12.8. The first-order valence-electron chi connectivity index (χ1n) is 10.2. The number of nitrogens with one attached hydrogen (secondary N) is 4. The summed E-state index contributed by atoms with van der Waals surface area (Å²) >= 11 is 4.09. The molecule has 9 N–H and O–H groups in total. The van der Waals surface area contributed by atoms with Crippen LogP contribution in [-0.2, 0) is 30.4 Å². The molecule has 0 aromatic carbocycles. The molecule has 184 valence electrons. The number of primary amides is 1. The van der Waals surface area contributed by atoms with E-state index in [1.54, 1.807) is 13.8 Å². The molecule has 0 saturated heterocycles. The Hall–Kier alpha value is -3.13. The molecule has 0 spiro atoms. The van der Waals surface area contributed by atoms with E-state index in [-0.39, 0.29) is 30.9 Å². The van der Waals surface area contributed by atoms with Crippen molar-refractivity contribution in [3.05, 3.63) is 18.2 Å². The second-order valence-corrected chi connectivity index (χ2v) is 8.13. The Morgan fingerprint density at radius 1 is 1.06 bits per heavy atom. The molecule has 14 heteroatoms. The SMILES string of the molecule is CC(C)C(N)C(=O)NC(CS)C(=O)NC(Cc1cnc[nH]1)C(=O)NC(CCC(N)=O)C(=O)O. The minimum absolute atomic E-state index is 0.0432. The highest BCUT2D eigenvalue weighted by molar-refractivity contribution is 7.80. The van der Waals surface area contributed by atoms with Crippen LogP contribution in [0.2, 0.25) is 0 Å². The fourth-order valence-electron chi connectivity index (χ4n) is 2.68. The Morgan fingerprint density at radius 3 is 2.12 bits per heavy atom. The third kappa shape index (κ3) is 9.49. The fraction of sp³-hybridized carbons (Fsp3) is 0.579. The van der Waals surface area contributed by atoms with Crippen molar-refractivity contribution in [1.82, 2.24) is 25.9 Å². The minimum Gasteiger partial charge on any atom is -0.480 e. The Labute approximate surface area is 196 Å². The van der Waals surface area contributed by atoms with Crippen LogP contribution in [0.15, 0.2) is 12.5 Å². The molecule has 4 unspecified atom stereocenters. The number of nitrogens with zero attached hydrogens (tertiary/aromatic N) is 1. The van der Waals surface area contributed by atoms with Gasteiger partial charge in [0, 0.05) is 30.5 Å². The van der Waals surface area contributed by atoms with Crippen LogP contribution in [0.4, 0.5) is 0 Å². The molecule has 0 fully saturated rings. The Bertz CT molecular complexity index is 833. The van der Waals surface area contributed by atoms with E-state index in [1.807, 2.05) is 0 Å². The summed E-state index contributed by atoms with van der Waals surface area (Å²) in [4.78, 5) is 66.9. The number of aromatic amines is 1. The van der Waals surface area contributed by atoms with Crippen LogP contribution in [-0.4, -0.2) is 74.6 Å². The van der Waals surface area contributed by atoms with Gasteiger partial charge in [-0.2, -0.15) is 12.6 Å². The van der Waals surface area contributed by atoms with Crippen molar-refractivity contribution in [3.63, 3.8) is 0 Å². The number of carboxylic acid groups (broad SMARTS) is 1. The summed E-state index contributed by atoms with van der Waals surface area (Å²) in [6, 6.07) is -4.54. The molecule has 33 heavy (non-hydrogen) atoms. The number of aromatic nitrogens is 2. The summed E-state index contributed by atoms with van der Waals surface area (Å²) < 4.78 is 0. The van der Waals surface area contributed by atoms with Gasteiger partial charge < -0.3 is 37.5 Å². The molecule has 1 aromatic heterocycles. The number of imidazole rings is 1. The molecule has 13 nitrogen and oxygen atoms in total. The van der Waals surface area contributed by atoms with Crippen LogP contribution in [0, 0.1) is 5.92 Å². The zero-order chi connectivity index (χ0) is 25.1. The van der Waals surface area contributed by atoms with Gasteiger partial charge in [0.15, 0.2) is 0 Å². The monoisotopic (exact) mass is 485 g/mol. The highest BCUT2D eigenvalue weighted by Crippen LogP contribution is 2.05. The molecule has 0 aliphatic carbocycles. The molecule has 1 heterocycles. The van der Waals surface area contributed by atoms with E-state index in [9.17, 15) is 29.1 Å². The molecule has 0 aliphatic heterocycles. The number of nitrogens with two attached hydrogens (primary N) is 2. The molecular weight excluding hydrogens is 454 g/mol. The highest BCUT2D eigenvalue weighted by atomic mass is 32.1. The normalized spacial score (nSPS) is 14.6. The summed E-state index contributed by atoms with van der Waals surface area (Å²) in [7, 11) is 0. The number of aliphatic carboxylic acids is 1. The summed E-state index contributed by atoms with van der Waals surface area (Å²) in [5.74, 6) is -4.39. The number of hydrogen-bond donors (Lipinski definition) is 8. The predicted molar refractivity (Wildman–Crippen MR) is 121 cm³/mol. The van der Waals surface area contributed by atoms with E-state index in [1.165, 1.54) is 12.5 Å². The van der Waals surface area contributed by atoms with Gasteiger partial charge in [-0.3, -0.25) is 19.2 Å². The number of H-pyrrole nitrogens is 1. The maximum atomic E-state index is 12.8. The average molecular weight is 486 g/mol. The first-order valence-corrected chi connectivity index (χ1v) is 10.8. The molecule has 0 saturated carbocycles. The predicted octanol–water partition coefficient (Wildman–Crippen LogP) is -2.33. The number of carboxylic acids is 1. The van der Waals surface area contributed by atoms with Gasteiger partial charge in [-0.15, -0.1) is 0 Å². The van der Waals surface area contributed by atoms with E-state index < -0.39 is 53.8 Å². The molecule has 4 amide bonds. The van der Waals surface area contributed by atoms with Gasteiger partial charge in [0.2, 0.25) is 23.6 Å². The van der Waals surface area contributed by atoms with E-state index in [0.29, 0.717) is 5.69 Å². The molecule has 0 bridgehead atoms. The van der Waals surface area contributed by atoms with Crippen LogP contribution < -0.4 is 27.4 Å². The summed E-state index contributed by atoms with van der Waals surface area (Å²) in [6.45, 7) is 3.50. The molecule has 1 rings (SSSR count). The van der Waals surface area contributed by atoms with E-state index in [0.717, 1.165) is 0 Å². The van der Waals surface area contributed by atoms with E-state index in [2.05, 4.69) is 38.5 Å². The van der Waals surface area contributed by atoms with Crippen molar-refractivity contribution in [2.45, 2.75) is 57.3 Å². The Kier molecular flexibility index (Phi) is 11.4. The third-order valence-electron chi connectivity index (χ3n) is 4.74. The molecule has 0 aliphatic rings. The lowest BCUT2D eigenvalue weighted by Gasteiger charge is -2.25. The van der Waals surface area contributed by atoms with Gasteiger partial charge >= 0.3 is 5.97 Å². The minimum atomic E-state index is -1.39. The summed E-state index contributed by atoms with van der Waals surface area (Å²) in [5.41, 5.74) is 11.3. The van der Waals surface area contributed by atoms with Crippen molar-refractivity contribution >= 4 is 42.2 Å². The zero-order valence-corrected chi connectivity index (χ0v) is 19.3. The maximum Gasteiger partial charge on any atom is 0.326 e. The number of rotatable bonds is 14. The quantitative estimate of drug-likeness (QED) is 0.133. The number of hydrogen-bond acceptors (Lipinski definition) is 8. The van der Waals surface area contributed by atoms with Crippen LogP contribution in [0.5, 0.6) is 0 Å². The van der Waals surface area contributed by atoms with Crippen LogP contribution in [0.25, 0.3) is 0 Å². The van der Waals surface area contributed by atoms with Gasteiger partial charge in [0.05, 0.1) is 12.4 Å². The van der Waals surface area contributed by atoms with Gasteiger partial charge in [-0.1, -0.05) is 13.8 Å². The van der Waals surface area contributed by atoms with Crippen molar-refractivity contribution < 1.29 is 29.1 Å². The van der Waals surface area contributed by atoms with Gasteiger partial charge in [-0.05, 0) is 12.3 Å². The number of carbonyl (C=O) groups excluding carboxylic acids is 4. The molecule has 4 atom stereocenters. The largest absolute Gasteiger partial charge is 0.480 e. The standard InChI is InChI=1S/C19H31N7O6S/c1-9(2)15(21)18(30)26-13(7-33)17(29)25-12(5-10-6-22-8-23-10)16(28)24-11(19(31)32)3-4-14(20)27/h6,8-9,11-13,15,33H,3-5,7,21H2,1-2H3,(H2,20,27)(H,22,23)(H,24,28)(H,25,29)(H,26,30)(H,31,32). The highest BCUT2D eigenvalue weighted by Gasteiger charge is 2.30. The lowest BCUT2D eigenvalue weighted by Crippen LogP contribution is -2.58. The van der Waals surface area contributed by atoms with Gasteiger partial charge in [0.25, 0.3) is 0 Å². The van der Waals surface area contributed by atoms with Gasteiger partial charge in [0.1, 0.15) is 18.1 Å². The van der Waals surface area contributed by atoms with Crippen LogP contribution >= 0.6 is 12.6 Å². The average Bonchev–Trinajstić information content (AvgIpc) is 3.25. The van der Waals surface area contributed by atoms with Crippen molar-refractivity contribution in [2.24, 2.45) is 17.4 Å². The topological polar surface area (TPSA) is 222 Å². The Balaban J connectivity index is 2.97. The lowest BCUT2D eigenvalue weighted by atomic mass is 10.0. The van der Waals surface area contributed by atoms with E-state index >= 15 is 0 Å². The summed E-state index contributed by atoms with van der Waals surface area (Å²) in [5, 5.41) is 16.6. The first kappa shape index (κ1) is 27.9. The fourth-order valence-corrected chi connectivity index (χ4v) is 2.94. The molecular formula is C19H31N7O6S. The number of thiol groups is 1. The van der Waals surface area contributed by atoms with Crippen molar-refractivity contribution in [2.75, 3.05) is 5.75 Å².